The van der Waals surface area contributed by atoms with E-state index < -0.39 is 14.2 Å². The third-order valence-electron chi connectivity index (χ3n) is 12.5. The van der Waals surface area contributed by atoms with E-state index in [9.17, 15) is 9.59 Å². The van der Waals surface area contributed by atoms with Crippen molar-refractivity contribution in [2.24, 2.45) is 5.41 Å². The van der Waals surface area contributed by atoms with E-state index in [1.54, 1.807) is 4.90 Å². The Hall–Kier alpha value is -0.763. The number of carbonyl (C=O) groups is 2. The third-order valence-corrected chi connectivity index (χ3v) is 15.6. The van der Waals surface area contributed by atoms with Gasteiger partial charge in [-0.2, -0.15) is 0 Å². The zero-order valence-electron chi connectivity index (χ0n) is 38.5. The normalized spacial score (nSPS) is 14.5. The number of imide groups is 1. The summed E-state index contributed by atoms with van der Waals surface area (Å²) in [4.78, 5) is 29.3. The molecule has 0 unspecified atom stereocenters. The molecule has 1 heterocycles. The van der Waals surface area contributed by atoms with Crippen LogP contribution in [0.4, 0.5) is 0 Å². The number of hydrogen-bond donors (Lipinski definition) is 0. The highest BCUT2D eigenvalue weighted by Gasteiger charge is 2.50. The predicted octanol–water partition coefficient (Wildman–Crippen LogP) is 15.5. The van der Waals surface area contributed by atoms with E-state index in [4.69, 9.17) is 13.3 Å². The van der Waals surface area contributed by atoms with Gasteiger partial charge in [-0.3, -0.25) is 14.5 Å². The monoisotopic (exact) mass is 808 g/mol. The molecule has 6 nitrogen and oxygen atoms in total. The van der Waals surface area contributed by atoms with Crippen molar-refractivity contribution in [3.63, 3.8) is 0 Å². The zero-order chi connectivity index (χ0) is 40.8. The molecule has 56 heavy (non-hydrogen) atoms. The fourth-order valence-corrected chi connectivity index (χ4v) is 11.7. The fraction of sp³-hybridized carbons (Fsp3) is 0.959. The topological polar surface area (TPSA) is 65.1 Å². The maximum absolute atomic E-state index is 14.2. The van der Waals surface area contributed by atoms with Gasteiger partial charge in [0.25, 0.3) is 0 Å². The van der Waals surface area contributed by atoms with Gasteiger partial charge in [-0.1, -0.05) is 219 Å². The van der Waals surface area contributed by atoms with Crippen LogP contribution in [0.1, 0.15) is 266 Å². The minimum Gasteiger partial charge on any atom is -0.374 e. The second kappa shape index (κ2) is 37.3. The smallest absolute Gasteiger partial charge is 0.374 e. The highest BCUT2D eigenvalue weighted by Crippen LogP contribution is 2.43. The minimum atomic E-state index is -2.81. The van der Waals surface area contributed by atoms with Gasteiger partial charge >= 0.3 is 8.80 Å². The summed E-state index contributed by atoms with van der Waals surface area (Å²) in [6.07, 6.45) is 45.8. The molecular weight excluding hydrogens is 711 g/mol. The van der Waals surface area contributed by atoms with Crippen molar-refractivity contribution in [3.05, 3.63) is 0 Å². The highest BCUT2D eigenvalue weighted by atomic mass is 28.4. The summed E-state index contributed by atoms with van der Waals surface area (Å²) in [5, 5.41) is 0. The van der Waals surface area contributed by atoms with Crippen LogP contribution in [0.5, 0.6) is 0 Å². The van der Waals surface area contributed by atoms with Crippen molar-refractivity contribution >= 4 is 20.6 Å². The van der Waals surface area contributed by atoms with Gasteiger partial charge < -0.3 is 13.3 Å². The molecule has 332 valence electrons. The molecule has 2 amide bonds. The number of unbranched alkanes of at least 4 members (excludes halogenated alkanes) is 30. The Balaban J connectivity index is 2.48. The van der Waals surface area contributed by atoms with Gasteiger partial charge in [0.15, 0.2) is 0 Å². The standard InChI is InChI=1S/C49H97NO5Si/c1-6-11-13-15-17-19-21-23-25-27-29-31-33-35-37-39-42-49(43-40-38-36-34-32-30-28-26-24-22-20-18-16-14-12-7-2)46-47(51)50(48(49)52)44-41-45-56(53-8-3,54-9-4)55-10-5/h6-46H2,1-5H3. The Morgan fingerprint density at radius 1 is 0.429 bits per heavy atom. The van der Waals surface area contributed by atoms with Crippen molar-refractivity contribution in [2.45, 2.75) is 272 Å². The summed E-state index contributed by atoms with van der Waals surface area (Å²) in [7, 11) is -2.81. The SMILES string of the molecule is CCCCCCCCCCCCCCCCCCC1(CCCCCCCCCCCCCCCCCC)CC(=O)N(CCC[Si](OCC)(OCC)OCC)C1=O. The van der Waals surface area contributed by atoms with Gasteiger partial charge in [-0.05, 0) is 40.0 Å². The molecule has 1 aliphatic heterocycles. The van der Waals surface area contributed by atoms with E-state index in [-0.39, 0.29) is 11.8 Å². The van der Waals surface area contributed by atoms with Crippen molar-refractivity contribution < 1.29 is 22.9 Å². The van der Waals surface area contributed by atoms with Gasteiger partial charge in [0.1, 0.15) is 0 Å². The molecule has 0 radical (unpaired) electrons. The van der Waals surface area contributed by atoms with Gasteiger partial charge in [0.05, 0.1) is 5.41 Å². The molecule has 0 aromatic rings. The molecule has 1 rings (SSSR count). The summed E-state index contributed by atoms with van der Waals surface area (Å²) in [5.74, 6) is 0.125. The van der Waals surface area contributed by atoms with Crippen LogP contribution < -0.4 is 0 Å². The van der Waals surface area contributed by atoms with Crippen LogP contribution in [0.25, 0.3) is 0 Å². The van der Waals surface area contributed by atoms with Crippen LogP contribution in [0, 0.1) is 5.41 Å². The molecule has 0 aromatic heterocycles. The van der Waals surface area contributed by atoms with Crippen molar-refractivity contribution in [1.82, 2.24) is 4.90 Å². The summed E-state index contributed by atoms with van der Waals surface area (Å²) >= 11 is 0. The number of likely N-dealkylation sites (tertiary alicyclic amines) is 1. The molecule has 0 N–H and O–H groups in total. The van der Waals surface area contributed by atoms with Gasteiger partial charge in [0.2, 0.25) is 11.8 Å². The molecule has 7 heteroatoms. The summed E-state index contributed by atoms with van der Waals surface area (Å²) in [6, 6.07) is 0.630. The van der Waals surface area contributed by atoms with Crippen LogP contribution in [0.2, 0.25) is 6.04 Å². The Morgan fingerprint density at radius 3 is 1.00 bits per heavy atom. The second-order valence-electron chi connectivity index (χ2n) is 17.5. The van der Waals surface area contributed by atoms with Crippen LogP contribution in [-0.4, -0.2) is 51.9 Å². The summed E-state index contributed by atoms with van der Waals surface area (Å²) < 4.78 is 18.2. The predicted molar refractivity (Wildman–Crippen MR) is 242 cm³/mol. The maximum Gasteiger partial charge on any atom is 0.500 e. The minimum absolute atomic E-state index is 0.0273. The lowest BCUT2D eigenvalue weighted by atomic mass is 9.76. The maximum atomic E-state index is 14.2. The fourth-order valence-electron chi connectivity index (χ4n) is 9.08. The molecule has 1 saturated heterocycles. The van der Waals surface area contributed by atoms with E-state index in [2.05, 4.69) is 13.8 Å². The van der Waals surface area contributed by atoms with Gasteiger partial charge in [0, 0.05) is 38.8 Å². The molecule has 0 spiro atoms. The Bertz CT molecular complexity index is 847. The molecule has 0 aromatic carbocycles. The quantitative estimate of drug-likeness (QED) is 0.0348. The average Bonchev–Trinajstić information content (AvgIpc) is 3.42. The Morgan fingerprint density at radius 2 is 0.714 bits per heavy atom. The number of amides is 2. The Labute approximate surface area is 350 Å². The molecule has 0 aliphatic carbocycles. The van der Waals surface area contributed by atoms with Gasteiger partial charge in [-0.25, -0.2) is 0 Å². The number of hydrogen-bond acceptors (Lipinski definition) is 5. The average molecular weight is 808 g/mol. The van der Waals surface area contributed by atoms with Gasteiger partial charge in [-0.15, -0.1) is 0 Å². The largest absolute Gasteiger partial charge is 0.500 e. The van der Waals surface area contributed by atoms with E-state index in [1.807, 2.05) is 20.8 Å². The van der Waals surface area contributed by atoms with Crippen LogP contribution >= 0.6 is 0 Å². The first-order chi connectivity index (χ1) is 27.4. The first-order valence-electron chi connectivity index (χ1n) is 25.2. The molecule has 1 fully saturated rings. The molecule has 1 aliphatic rings. The first kappa shape index (κ1) is 53.3. The third kappa shape index (κ3) is 25.7. The zero-order valence-corrected chi connectivity index (χ0v) is 39.5. The highest BCUT2D eigenvalue weighted by molar-refractivity contribution is 6.60. The Kier molecular flexibility index (Phi) is 35.4. The van der Waals surface area contributed by atoms with E-state index in [0.717, 1.165) is 25.7 Å². The number of rotatable bonds is 44. The van der Waals surface area contributed by atoms with Crippen molar-refractivity contribution in [3.8, 4) is 0 Å². The first-order valence-corrected chi connectivity index (χ1v) is 27.1. The van der Waals surface area contributed by atoms with Crippen LogP contribution in [0.15, 0.2) is 0 Å². The van der Waals surface area contributed by atoms with Crippen LogP contribution in [-0.2, 0) is 22.9 Å². The second-order valence-corrected chi connectivity index (χ2v) is 20.2. The molecule has 0 atom stereocenters. The van der Waals surface area contributed by atoms with E-state index >= 15 is 0 Å². The summed E-state index contributed by atoms with van der Waals surface area (Å²) in [6.45, 7) is 12.6. The van der Waals surface area contributed by atoms with Crippen LogP contribution in [0.3, 0.4) is 0 Å². The summed E-state index contributed by atoms with van der Waals surface area (Å²) in [5.41, 5.74) is -0.503. The lowest BCUT2D eigenvalue weighted by Crippen LogP contribution is -2.46. The molecule has 0 saturated carbocycles. The van der Waals surface area contributed by atoms with Crippen molar-refractivity contribution in [1.29, 1.82) is 0 Å². The lowest BCUT2D eigenvalue weighted by Gasteiger charge is -2.29. The lowest BCUT2D eigenvalue weighted by molar-refractivity contribution is -0.142. The van der Waals surface area contributed by atoms with E-state index in [0.29, 0.717) is 45.3 Å². The molecular formula is C49H97NO5Si. The van der Waals surface area contributed by atoms with E-state index in [1.165, 1.54) is 193 Å². The number of carbonyl (C=O) groups excluding carboxylic acids is 2. The number of nitrogens with zero attached hydrogens (tertiary/aromatic N) is 1. The van der Waals surface area contributed by atoms with Crippen molar-refractivity contribution in [2.75, 3.05) is 26.4 Å². The molecule has 0 bridgehead atoms.